The van der Waals surface area contributed by atoms with E-state index in [1.165, 1.54) is 36.9 Å². The summed E-state index contributed by atoms with van der Waals surface area (Å²) < 4.78 is 0. The monoisotopic (exact) mass is 188 g/mol. The predicted octanol–water partition coefficient (Wildman–Crippen LogP) is 2.41. The molecule has 2 atom stereocenters. The molecule has 2 N–H and O–H groups in total. The van der Waals surface area contributed by atoms with Crippen LogP contribution in [0.25, 0.3) is 0 Å². The Hall–Kier alpha value is -1.02. The molecule has 1 aromatic carbocycles. The maximum absolute atomic E-state index is 6.13. The Morgan fingerprint density at radius 1 is 1.14 bits per heavy atom. The third-order valence-electron chi connectivity index (χ3n) is 3.70. The fourth-order valence-electron chi connectivity index (χ4n) is 3.02. The smallest absolute Gasteiger partial charge is 0.0556 e. The van der Waals surface area contributed by atoms with Crippen LogP contribution in [0.2, 0.25) is 0 Å². The molecule has 2 heteroatoms. The van der Waals surface area contributed by atoms with E-state index in [4.69, 9.17) is 5.84 Å². The first-order valence-electron chi connectivity index (χ1n) is 5.51. The Balaban J connectivity index is 2.06. The minimum Gasteiger partial charge on any atom is -0.307 e. The van der Waals surface area contributed by atoms with Crippen molar-refractivity contribution in [1.29, 1.82) is 0 Å². The molecule has 2 nitrogen and oxygen atoms in total. The second-order valence-electron chi connectivity index (χ2n) is 4.42. The first kappa shape index (κ1) is 8.30. The molecule has 0 saturated heterocycles. The molecule has 3 rings (SSSR count). The van der Waals surface area contributed by atoms with Gasteiger partial charge in [-0.25, -0.2) is 5.84 Å². The maximum Gasteiger partial charge on any atom is 0.0556 e. The van der Waals surface area contributed by atoms with Gasteiger partial charge in [0, 0.05) is 5.92 Å². The van der Waals surface area contributed by atoms with Gasteiger partial charge < -0.3 is 5.01 Å². The summed E-state index contributed by atoms with van der Waals surface area (Å²) in [6.45, 7) is 0. The summed E-state index contributed by atoms with van der Waals surface area (Å²) in [5.74, 6) is 6.83. The molecule has 2 unspecified atom stereocenters. The Bertz CT molecular complexity index is 348. The van der Waals surface area contributed by atoms with Crippen molar-refractivity contribution in [3.63, 3.8) is 0 Å². The summed E-state index contributed by atoms with van der Waals surface area (Å²) >= 11 is 0. The number of fused-ring (bicyclic) bond motifs is 3. The molecule has 1 fully saturated rings. The topological polar surface area (TPSA) is 29.3 Å². The number of anilines is 1. The summed E-state index contributed by atoms with van der Waals surface area (Å²) in [6.07, 6.45) is 5.28. The molecule has 0 amide bonds. The fourth-order valence-corrected chi connectivity index (χ4v) is 3.02. The van der Waals surface area contributed by atoms with Crippen molar-refractivity contribution in [2.24, 2.45) is 5.84 Å². The van der Waals surface area contributed by atoms with Crippen LogP contribution in [-0.2, 0) is 0 Å². The molecule has 0 aromatic heterocycles. The maximum atomic E-state index is 6.13. The van der Waals surface area contributed by atoms with Crippen molar-refractivity contribution in [2.75, 3.05) is 5.01 Å². The number of hydrogen-bond acceptors (Lipinski definition) is 2. The molecule has 1 saturated carbocycles. The largest absolute Gasteiger partial charge is 0.307 e. The average Bonchev–Trinajstić information content (AvgIpc) is 2.55. The van der Waals surface area contributed by atoms with E-state index in [9.17, 15) is 0 Å². The minimum absolute atomic E-state index is 0.571. The van der Waals surface area contributed by atoms with Crippen molar-refractivity contribution in [2.45, 2.75) is 37.6 Å². The lowest BCUT2D eigenvalue weighted by molar-refractivity contribution is 0.388. The lowest BCUT2D eigenvalue weighted by atomic mass is 9.83. The molecular formula is C12H16N2. The molecule has 0 spiro atoms. The number of nitrogens with zero attached hydrogens (tertiary/aromatic N) is 1. The fraction of sp³-hybridized carbons (Fsp3) is 0.500. The van der Waals surface area contributed by atoms with Crippen LogP contribution in [0.3, 0.4) is 0 Å². The average molecular weight is 188 g/mol. The number of rotatable bonds is 0. The van der Waals surface area contributed by atoms with E-state index in [1.807, 2.05) is 5.01 Å². The highest BCUT2D eigenvalue weighted by Gasteiger charge is 2.37. The molecule has 0 bridgehead atoms. The molecule has 0 radical (unpaired) electrons. The molecule has 74 valence electrons. The number of benzene rings is 1. The van der Waals surface area contributed by atoms with Gasteiger partial charge in [-0.1, -0.05) is 31.0 Å². The van der Waals surface area contributed by atoms with Crippen LogP contribution in [-0.4, -0.2) is 6.04 Å². The van der Waals surface area contributed by atoms with Gasteiger partial charge in [0.25, 0.3) is 0 Å². The van der Waals surface area contributed by atoms with E-state index in [0.717, 1.165) is 0 Å². The van der Waals surface area contributed by atoms with Gasteiger partial charge >= 0.3 is 0 Å². The zero-order valence-electron chi connectivity index (χ0n) is 8.32. The number of nitrogens with two attached hydrogens (primary N) is 1. The number of para-hydroxylation sites is 1. The minimum atomic E-state index is 0.571. The Labute approximate surface area is 84.7 Å². The van der Waals surface area contributed by atoms with Crippen LogP contribution in [0.5, 0.6) is 0 Å². The second kappa shape index (κ2) is 2.99. The van der Waals surface area contributed by atoms with Crippen LogP contribution >= 0.6 is 0 Å². The number of hydrazine groups is 1. The number of hydrogen-bond donors (Lipinski definition) is 1. The summed E-state index contributed by atoms with van der Waals surface area (Å²) in [7, 11) is 0. The van der Waals surface area contributed by atoms with E-state index < -0.39 is 0 Å². The molecular weight excluding hydrogens is 172 g/mol. The SMILES string of the molecule is NN1c2ccccc2C2CCCCC21. The molecule has 1 heterocycles. The van der Waals surface area contributed by atoms with Gasteiger partial charge in [-0.15, -0.1) is 0 Å². The van der Waals surface area contributed by atoms with E-state index in [2.05, 4.69) is 24.3 Å². The Morgan fingerprint density at radius 3 is 2.86 bits per heavy atom. The zero-order chi connectivity index (χ0) is 9.54. The van der Waals surface area contributed by atoms with Gasteiger partial charge in [0.15, 0.2) is 0 Å². The van der Waals surface area contributed by atoms with E-state index >= 15 is 0 Å². The van der Waals surface area contributed by atoms with Crippen molar-refractivity contribution in [3.8, 4) is 0 Å². The standard InChI is InChI=1S/C12H16N2/c13-14-11-7-3-1-5-9(11)10-6-2-4-8-12(10)14/h1,3,5,7,10,12H,2,4,6,8,13H2. The highest BCUT2D eigenvalue weighted by atomic mass is 15.4. The lowest BCUT2D eigenvalue weighted by Gasteiger charge is -2.30. The van der Waals surface area contributed by atoms with Gasteiger partial charge in [-0.05, 0) is 24.5 Å². The molecule has 14 heavy (non-hydrogen) atoms. The second-order valence-corrected chi connectivity index (χ2v) is 4.42. The third-order valence-corrected chi connectivity index (χ3v) is 3.70. The van der Waals surface area contributed by atoms with Gasteiger partial charge in [-0.3, -0.25) is 0 Å². The Kier molecular flexibility index (Phi) is 1.77. The first-order chi connectivity index (χ1) is 6.88. The molecule has 2 aliphatic rings. The van der Waals surface area contributed by atoms with Gasteiger partial charge in [0.05, 0.1) is 11.7 Å². The van der Waals surface area contributed by atoms with Gasteiger partial charge in [0.2, 0.25) is 0 Å². The van der Waals surface area contributed by atoms with E-state index in [1.54, 1.807) is 0 Å². The highest BCUT2D eigenvalue weighted by molar-refractivity contribution is 5.60. The molecule has 1 aliphatic heterocycles. The normalized spacial score (nSPS) is 29.9. The van der Waals surface area contributed by atoms with Crippen LogP contribution in [0.4, 0.5) is 5.69 Å². The first-order valence-corrected chi connectivity index (χ1v) is 5.51. The predicted molar refractivity (Wildman–Crippen MR) is 58.1 cm³/mol. The van der Waals surface area contributed by atoms with Gasteiger partial charge in [-0.2, -0.15) is 0 Å². The van der Waals surface area contributed by atoms with Crippen molar-refractivity contribution in [1.82, 2.24) is 0 Å². The summed E-state index contributed by atoms with van der Waals surface area (Å²) in [4.78, 5) is 0. The summed E-state index contributed by atoms with van der Waals surface area (Å²) in [6, 6.07) is 9.17. The highest BCUT2D eigenvalue weighted by Crippen LogP contribution is 2.45. The van der Waals surface area contributed by atoms with Crippen LogP contribution in [0, 0.1) is 0 Å². The zero-order valence-corrected chi connectivity index (χ0v) is 8.32. The van der Waals surface area contributed by atoms with Crippen molar-refractivity contribution in [3.05, 3.63) is 29.8 Å². The van der Waals surface area contributed by atoms with E-state index in [0.29, 0.717) is 12.0 Å². The van der Waals surface area contributed by atoms with Crippen molar-refractivity contribution >= 4 is 5.69 Å². The van der Waals surface area contributed by atoms with Crippen molar-refractivity contribution < 1.29 is 0 Å². The van der Waals surface area contributed by atoms with Crippen LogP contribution < -0.4 is 10.9 Å². The summed E-state index contributed by atoms with van der Waals surface area (Å²) in [5, 5.41) is 2.00. The van der Waals surface area contributed by atoms with Crippen LogP contribution in [0.1, 0.15) is 37.2 Å². The quantitative estimate of drug-likeness (QED) is 0.633. The van der Waals surface area contributed by atoms with Crippen LogP contribution in [0.15, 0.2) is 24.3 Å². The van der Waals surface area contributed by atoms with E-state index in [-0.39, 0.29) is 0 Å². The molecule has 1 aromatic rings. The molecule has 1 aliphatic carbocycles. The lowest BCUT2D eigenvalue weighted by Crippen LogP contribution is -2.41. The van der Waals surface area contributed by atoms with Gasteiger partial charge in [0.1, 0.15) is 0 Å². The Morgan fingerprint density at radius 2 is 1.93 bits per heavy atom. The summed E-state index contributed by atoms with van der Waals surface area (Å²) in [5.41, 5.74) is 2.73. The third kappa shape index (κ3) is 1.01.